The molecule has 7 aromatic carbocycles. The number of para-hydroxylation sites is 2. The molecule has 3 aliphatic rings. The molecule has 1 atom stereocenters. The first kappa shape index (κ1) is 34.7. The molecule has 12 rings (SSSR count). The maximum absolute atomic E-state index is 7.00. The summed E-state index contributed by atoms with van der Waals surface area (Å²) in [7, 11) is 2.19. The van der Waals surface area contributed by atoms with Crippen molar-refractivity contribution in [1.82, 2.24) is 9.55 Å². The van der Waals surface area contributed by atoms with Crippen LogP contribution in [0.1, 0.15) is 48.6 Å². The minimum absolute atomic E-state index is 0.179. The fraction of sp³-hybridized carbons (Fsp3) is 0.130. The van der Waals surface area contributed by atoms with Crippen molar-refractivity contribution in [3.8, 4) is 39.9 Å². The normalized spacial score (nSPS) is 16.1. The highest BCUT2D eigenvalue weighted by Crippen LogP contribution is 2.66. The number of benzene rings is 7. The van der Waals surface area contributed by atoms with E-state index in [9.17, 15) is 0 Å². The standard InChI is InChI=1S/C54H42N4O2/c1-53(2,3)41-17-13-21-49-51(41)54(43-30-35(23-28-48(43)60-49)34-14-6-5-7-15-34)40-27-25-37(32-47(40)57-33-56(4)45-20-12-18-42(54)52(45)57)59-36-24-26-39-38-16-8-9-19-44(38)58(46(39)31-36)50-22-10-11-29-55-50/h5-32H,33H2,1-4H3. The molecular formula is C54H42N4O2. The highest BCUT2D eigenvalue weighted by molar-refractivity contribution is 6.09. The predicted molar refractivity (Wildman–Crippen MR) is 243 cm³/mol. The molecule has 2 aromatic heterocycles. The van der Waals surface area contributed by atoms with Crippen molar-refractivity contribution in [3.05, 3.63) is 198 Å². The summed E-state index contributed by atoms with van der Waals surface area (Å²) in [6, 6.07) is 58.5. The molecule has 5 heterocycles. The molecular weight excluding hydrogens is 737 g/mol. The highest BCUT2D eigenvalue weighted by atomic mass is 16.5. The van der Waals surface area contributed by atoms with Crippen LogP contribution >= 0.6 is 0 Å². The molecule has 1 unspecified atom stereocenters. The quantitative estimate of drug-likeness (QED) is 0.178. The van der Waals surface area contributed by atoms with Gasteiger partial charge in [-0.05, 0) is 93.9 Å². The first-order valence-corrected chi connectivity index (χ1v) is 20.7. The molecule has 9 aromatic rings. The lowest BCUT2D eigenvalue weighted by molar-refractivity contribution is 0.425. The van der Waals surface area contributed by atoms with E-state index >= 15 is 0 Å². The molecule has 0 amide bonds. The van der Waals surface area contributed by atoms with Crippen LogP contribution in [-0.2, 0) is 10.8 Å². The Labute approximate surface area is 349 Å². The highest BCUT2D eigenvalue weighted by Gasteiger charge is 2.54. The molecule has 290 valence electrons. The van der Waals surface area contributed by atoms with Crippen molar-refractivity contribution in [2.45, 2.75) is 31.6 Å². The second-order valence-electron chi connectivity index (χ2n) is 17.3. The molecule has 0 aliphatic carbocycles. The van der Waals surface area contributed by atoms with Crippen LogP contribution in [0.4, 0.5) is 17.1 Å². The average molecular weight is 779 g/mol. The summed E-state index contributed by atoms with van der Waals surface area (Å²) in [5.41, 5.74) is 13.2. The van der Waals surface area contributed by atoms with E-state index in [0.717, 1.165) is 68.7 Å². The molecule has 0 radical (unpaired) electrons. The molecule has 0 N–H and O–H groups in total. The van der Waals surface area contributed by atoms with Gasteiger partial charge in [0.05, 0.1) is 40.2 Å². The van der Waals surface area contributed by atoms with E-state index < -0.39 is 5.41 Å². The van der Waals surface area contributed by atoms with E-state index in [-0.39, 0.29) is 5.41 Å². The third-order valence-electron chi connectivity index (χ3n) is 12.8. The van der Waals surface area contributed by atoms with Crippen molar-refractivity contribution in [3.63, 3.8) is 0 Å². The van der Waals surface area contributed by atoms with Gasteiger partial charge in [0.25, 0.3) is 0 Å². The molecule has 0 bridgehead atoms. The van der Waals surface area contributed by atoms with Gasteiger partial charge in [-0.1, -0.05) is 112 Å². The Hall–Kier alpha value is -7.31. The van der Waals surface area contributed by atoms with Gasteiger partial charge in [-0.2, -0.15) is 0 Å². The van der Waals surface area contributed by atoms with E-state index in [0.29, 0.717) is 0 Å². The van der Waals surface area contributed by atoms with Crippen LogP contribution in [0.5, 0.6) is 23.0 Å². The monoisotopic (exact) mass is 778 g/mol. The summed E-state index contributed by atoms with van der Waals surface area (Å²) in [6.45, 7) is 7.65. The third kappa shape index (κ3) is 4.85. The Morgan fingerprint density at radius 2 is 1.38 bits per heavy atom. The first-order valence-electron chi connectivity index (χ1n) is 20.7. The molecule has 6 nitrogen and oxygen atoms in total. The molecule has 0 fully saturated rings. The van der Waals surface area contributed by atoms with Crippen LogP contribution in [0.25, 0.3) is 38.8 Å². The third-order valence-corrected chi connectivity index (χ3v) is 12.8. The molecule has 3 aliphatic heterocycles. The Bertz CT molecular complexity index is 3200. The Morgan fingerprint density at radius 3 is 2.23 bits per heavy atom. The van der Waals surface area contributed by atoms with Crippen LogP contribution < -0.4 is 19.3 Å². The molecule has 1 spiro atoms. The number of aromatic nitrogens is 2. The number of fused-ring (bicyclic) bond motifs is 11. The number of anilines is 3. The van der Waals surface area contributed by atoms with Crippen LogP contribution in [0.3, 0.4) is 0 Å². The Kier molecular flexibility index (Phi) is 7.29. The van der Waals surface area contributed by atoms with Crippen molar-refractivity contribution < 1.29 is 9.47 Å². The van der Waals surface area contributed by atoms with Gasteiger partial charge in [0.15, 0.2) is 0 Å². The van der Waals surface area contributed by atoms with Crippen molar-refractivity contribution in [2.24, 2.45) is 0 Å². The predicted octanol–water partition coefficient (Wildman–Crippen LogP) is 13.3. The summed E-state index contributed by atoms with van der Waals surface area (Å²) in [6.07, 6.45) is 1.84. The molecule has 6 heteroatoms. The second-order valence-corrected chi connectivity index (χ2v) is 17.3. The number of hydrogen-bond acceptors (Lipinski definition) is 5. The lowest BCUT2D eigenvalue weighted by Crippen LogP contribution is -2.42. The van der Waals surface area contributed by atoms with Gasteiger partial charge < -0.3 is 19.3 Å². The second kappa shape index (κ2) is 12.6. The molecule has 0 saturated heterocycles. The van der Waals surface area contributed by atoms with Gasteiger partial charge in [-0.3, -0.25) is 4.57 Å². The minimum Gasteiger partial charge on any atom is -0.457 e. The topological polar surface area (TPSA) is 42.8 Å². The number of nitrogens with zero attached hydrogens (tertiary/aromatic N) is 4. The largest absolute Gasteiger partial charge is 0.457 e. The van der Waals surface area contributed by atoms with Gasteiger partial charge in [-0.15, -0.1) is 0 Å². The zero-order valence-electron chi connectivity index (χ0n) is 34.0. The molecule has 0 saturated carbocycles. The van der Waals surface area contributed by atoms with Gasteiger partial charge in [-0.25, -0.2) is 4.98 Å². The summed E-state index contributed by atoms with van der Waals surface area (Å²) in [4.78, 5) is 9.59. The fourth-order valence-corrected chi connectivity index (χ4v) is 10.3. The van der Waals surface area contributed by atoms with Crippen LogP contribution in [0.15, 0.2) is 170 Å². The average Bonchev–Trinajstić information content (AvgIpc) is 3.79. The zero-order chi connectivity index (χ0) is 40.3. The first-order chi connectivity index (χ1) is 29.3. The van der Waals surface area contributed by atoms with Gasteiger partial charge >= 0.3 is 0 Å². The summed E-state index contributed by atoms with van der Waals surface area (Å²) in [5.74, 6) is 4.16. The van der Waals surface area contributed by atoms with Gasteiger partial charge in [0, 0.05) is 47.3 Å². The lowest BCUT2D eigenvalue weighted by atomic mass is 9.58. The number of rotatable bonds is 4. The van der Waals surface area contributed by atoms with E-state index in [4.69, 9.17) is 14.5 Å². The van der Waals surface area contributed by atoms with Gasteiger partial charge in [0.2, 0.25) is 0 Å². The maximum atomic E-state index is 7.00. The Balaban J connectivity index is 1.10. The van der Waals surface area contributed by atoms with Crippen molar-refractivity contribution >= 4 is 38.9 Å². The number of pyridine rings is 1. The van der Waals surface area contributed by atoms with Gasteiger partial charge in [0.1, 0.15) is 28.8 Å². The SMILES string of the molecule is CN1CN2c3cc(Oc4ccc5c6ccccc6n(-c6ccccn6)c5c4)ccc3C3(c4cc(-c5ccccc5)ccc4Oc4cccc(C(C)(C)C)c43)c3cccc1c32. The smallest absolute Gasteiger partial charge is 0.137 e. The molecule has 60 heavy (non-hydrogen) atoms. The summed E-state index contributed by atoms with van der Waals surface area (Å²) >= 11 is 0. The number of ether oxygens (including phenoxy) is 2. The van der Waals surface area contributed by atoms with Crippen molar-refractivity contribution in [1.29, 1.82) is 0 Å². The minimum atomic E-state index is -0.707. The van der Waals surface area contributed by atoms with Crippen LogP contribution in [-0.4, -0.2) is 23.3 Å². The summed E-state index contributed by atoms with van der Waals surface area (Å²) in [5, 5.41) is 2.33. The van der Waals surface area contributed by atoms with Crippen LogP contribution in [0, 0.1) is 0 Å². The lowest BCUT2D eigenvalue weighted by Gasteiger charge is -2.49. The van der Waals surface area contributed by atoms with E-state index in [1.165, 1.54) is 44.6 Å². The van der Waals surface area contributed by atoms with E-state index in [1.54, 1.807) is 0 Å². The Morgan fingerprint density at radius 1 is 0.600 bits per heavy atom. The number of hydrogen-bond donors (Lipinski definition) is 0. The maximum Gasteiger partial charge on any atom is 0.137 e. The zero-order valence-corrected chi connectivity index (χ0v) is 34.0. The summed E-state index contributed by atoms with van der Waals surface area (Å²) < 4.78 is 16.2. The fourth-order valence-electron chi connectivity index (χ4n) is 10.3. The van der Waals surface area contributed by atoms with Crippen molar-refractivity contribution in [2.75, 3.05) is 23.5 Å². The van der Waals surface area contributed by atoms with E-state index in [2.05, 4.69) is 194 Å². The van der Waals surface area contributed by atoms with E-state index in [1.807, 2.05) is 18.3 Å². The van der Waals surface area contributed by atoms with Crippen LogP contribution in [0.2, 0.25) is 0 Å².